The third-order valence-electron chi connectivity index (χ3n) is 2.58. The number of hydrogen-bond acceptors (Lipinski definition) is 2. The van der Waals surface area contributed by atoms with Gasteiger partial charge in [-0.15, -0.1) is 0 Å². The van der Waals surface area contributed by atoms with Crippen molar-refractivity contribution in [3.8, 4) is 0 Å². The number of hydrogen-bond donors (Lipinski definition) is 2. The molecule has 0 aliphatic carbocycles. The summed E-state index contributed by atoms with van der Waals surface area (Å²) in [5, 5.41) is 8.28. The first-order valence-corrected chi connectivity index (χ1v) is 6.62. The number of aliphatic hydroxyl groups is 1. The van der Waals surface area contributed by atoms with Gasteiger partial charge in [0.2, 0.25) is 0 Å². The summed E-state index contributed by atoms with van der Waals surface area (Å²) in [4.78, 5) is 0. The molecule has 0 rings (SSSR count). The Morgan fingerprint density at radius 3 is 1.81 bits per heavy atom. The Kier molecular flexibility index (Phi) is 11.5. The lowest BCUT2D eigenvalue weighted by Crippen LogP contribution is -2.35. The summed E-state index contributed by atoms with van der Waals surface area (Å²) in [5.41, 5.74) is 4.88. The predicted octanol–water partition coefficient (Wildman–Crippen LogP) is 3.57. The lowest BCUT2D eigenvalue weighted by atomic mass is 9.98. The second kappa shape index (κ2) is 10.1. The van der Waals surface area contributed by atoms with E-state index < -0.39 is 5.54 Å². The highest BCUT2D eigenvalue weighted by molar-refractivity contribution is 4.67. The van der Waals surface area contributed by atoms with Crippen LogP contribution in [0, 0.1) is 11.8 Å². The molecule has 0 bridgehead atoms. The Morgan fingerprint density at radius 2 is 1.56 bits per heavy atom. The van der Waals surface area contributed by atoms with Crippen LogP contribution >= 0.6 is 0 Å². The summed E-state index contributed by atoms with van der Waals surface area (Å²) < 4.78 is 0. The summed E-state index contributed by atoms with van der Waals surface area (Å²) in [6.07, 6.45) is 5.60. The van der Waals surface area contributed by atoms with Crippen molar-refractivity contribution in [2.45, 2.75) is 72.8 Å². The first kappa shape index (κ1) is 18.3. The second-order valence-corrected chi connectivity index (χ2v) is 5.98. The van der Waals surface area contributed by atoms with Gasteiger partial charge >= 0.3 is 0 Å². The number of nitrogens with two attached hydrogens (primary N) is 1. The zero-order chi connectivity index (χ0) is 13.2. The maximum absolute atomic E-state index is 8.28. The van der Waals surface area contributed by atoms with Crippen LogP contribution in [0.5, 0.6) is 0 Å². The molecule has 0 aliphatic heterocycles. The average molecular weight is 231 g/mol. The normalized spacial score (nSPS) is 13.3. The molecule has 2 heteroatoms. The van der Waals surface area contributed by atoms with Crippen LogP contribution in [0.25, 0.3) is 0 Å². The van der Waals surface area contributed by atoms with Crippen molar-refractivity contribution < 1.29 is 5.11 Å². The second-order valence-electron chi connectivity index (χ2n) is 5.98. The molecule has 0 aromatic heterocycles. The van der Waals surface area contributed by atoms with Crippen molar-refractivity contribution in [1.82, 2.24) is 0 Å². The first-order valence-electron chi connectivity index (χ1n) is 6.62. The Morgan fingerprint density at radius 1 is 1.12 bits per heavy atom. The highest BCUT2D eigenvalue weighted by Gasteiger charge is 2.05. The van der Waals surface area contributed by atoms with Gasteiger partial charge in [-0.25, -0.2) is 0 Å². The predicted molar refractivity (Wildman–Crippen MR) is 73.5 cm³/mol. The maximum atomic E-state index is 8.28. The molecule has 0 saturated carbocycles. The topological polar surface area (TPSA) is 46.2 Å². The number of aliphatic hydroxyl groups excluding tert-OH is 1. The molecule has 0 saturated heterocycles. The van der Waals surface area contributed by atoms with Crippen LogP contribution in [-0.4, -0.2) is 17.3 Å². The van der Waals surface area contributed by atoms with E-state index in [4.69, 9.17) is 10.8 Å². The quantitative estimate of drug-likeness (QED) is 0.734. The monoisotopic (exact) mass is 231 g/mol. The summed E-state index contributed by atoms with van der Waals surface area (Å²) in [6, 6.07) is 0. The summed E-state index contributed by atoms with van der Waals surface area (Å²) in [5.74, 6) is 1.84. The standard InChI is InChI=1S/C10H22.C4H11NO/c1-5-10(4)8-6-7-9(2)3;1-4(2,5)3-6/h9-10H,5-8H2,1-4H3;6H,3,5H2,1-2H3. The molecule has 0 aliphatic rings. The van der Waals surface area contributed by atoms with E-state index in [1.807, 2.05) is 0 Å². The van der Waals surface area contributed by atoms with E-state index in [1.54, 1.807) is 13.8 Å². The van der Waals surface area contributed by atoms with Gasteiger partial charge in [-0.1, -0.05) is 53.4 Å². The van der Waals surface area contributed by atoms with Crippen LogP contribution < -0.4 is 5.73 Å². The van der Waals surface area contributed by atoms with E-state index in [1.165, 1.54) is 25.7 Å². The van der Waals surface area contributed by atoms with Crippen molar-refractivity contribution in [2.75, 3.05) is 6.61 Å². The highest BCUT2D eigenvalue weighted by Crippen LogP contribution is 2.14. The minimum atomic E-state index is -0.403. The van der Waals surface area contributed by atoms with Crippen LogP contribution in [-0.2, 0) is 0 Å². The van der Waals surface area contributed by atoms with E-state index in [-0.39, 0.29) is 6.61 Å². The Hall–Kier alpha value is -0.0800. The lowest BCUT2D eigenvalue weighted by molar-refractivity contribution is 0.221. The SMILES string of the molecule is CC(C)(N)CO.CCC(C)CCCC(C)C. The molecule has 100 valence electrons. The van der Waals surface area contributed by atoms with Crippen LogP contribution in [0.2, 0.25) is 0 Å². The number of rotatable bonds is 6. The molecular weight excluding hydrogens is 198 g/mol. The molecular formula is C14H33NO. The molecule has 0 spiro atoms. The van der Waals surface area contributed by atoms with E-state index in [2.05, 4.69) is 27.7 Å². The van der Waals surface area contributed by atoms with Crippen LogP contribution in [0.1, 0.15) is 67.2 Å². The third kappa shape index (κ3) is 19.5. The van der Waals surface area contributed by atoms with Crippen molar-refractivity contribution >= 4 is 0 Å². The average Bonchev–Trinajstić information content (AvgIpc) is 2.17. The molecule has 1 atom stereocenters. The fourth-order valence-corrected chi connectivity index (χ4v) is 1.08. The van der Waals surface area contributed by atoms with Gasteiger partial charge < -0.3 is 10.8 Å². The largest absolute Gasteiger partial charge is 0.394 e. The third-order valence-corrected chi connectivity index (χ3v) is 2.58. The Labute approximate surface area is 103 Å². The van der Waals surface area contributed by atoms with Crippen molar-refractivity contribution in [1.29, 1.82) is 0 Å². The summed E-state index contributed by atoms with van der Waals surface area (Å²) in [7, 11) is 0. The highest BCUT2D eigenvalue weighted by atomic mass is 16.3. The van der Waals surface area contributed by atoms with Gasteiger partial charge in [-0.05, 0) is 25.7 Å². The zero-order valence-electron chi connectivity index (χ0n) is 12.2. The van der Waals surface area contributed by atoms with Gasteiger partial charge in [0.05, 0.1) is 6.61 Å². The molecule has 0 amide bonds. The van der Waals surface area contributed by atoms with Gasteiger partial charge in [-0.2, -0.15) is 0 Å². The summed E-state index contributed by atoms with van der Waals surface area (Å²) >= 11 is 0. The Bertz CT molecular complexity index is 138. The summed E-state index contributed by atoms with van der Waals surface area (Å²) in [6.45, 7) is 12.8. The minimum Gasteiger partial charge on any atom is -0.394 e. The fourth-order valence-electron chi connectivity index (χ4n) is 1.08. The Balaban J connectivity index is 0. The van der Waals surface area contributed by atoms with Gasteiger partial charge in [0.1, 0.15) is 0 Å². The van der Waals surface area contributed by atoms with Crippen LogP contribution in [0.3, 0.4) is 0 Å². The smallest absolute Gasteiger partial charge is 0.0605 e. The van der Waals surface area contributed by atoms with E-state index in [0.29, 0.717) is 0 Å². The van der Waals surface area contributed by atoms with E-state index in [0.717, 1.165) is 11.8 Å². The molecule has 0 aromatic rings. The molecule has 0 fully saturated rings. The molecule has 1 unspecified atom stereocenters. The molecule has 0 aromatic carbocycles. The van der Waals surface area contributed by atoms with E-state index in [9.17, 15) is 0 Å². The van der Waals surface area contributed by atoms with Gasteiger partial charge in [0.15, 0.2) is 0 Å². The molecule has 0 radical (unpaired) electrons. The minimum absolute atomic E-state index is 0.0486. The molecule has 2 nitrogen and oxygen atoms in total. The van der Waals surface area contributed by atoms with Crippen LogP contribution in [0.15, 0.2) is 0 Å². The molecule has 3 N–H and O–H groups in total. The molecule has 0 heterocycles. The first-order chi connectivity index (χ1) is 7.22. The fraction of sp³-hybridized carbons (Fsp3) is 1.00. The molecule has 16 heavy (non-hydrogen) atoms. The maximum Gasteiger partial charge on any atom is 0.0605 e. The van der Waals surface area contributed by atoms with Crippen molar-refractivity contribution in [3.63, 3.8) is 0 Å². The van der Waals surface area contributed by atoms with Gasteiger partial charge in [0.25, 0.3) is 0 Å². The van der Waals surface area contributed by atoms with Gasteiger partial charge in [-0.3, -0.25) is 0 Å². The van der Waals surface area contributed by atoms with Crippen LogP contribution in [0.4, 0.5) is 0 Å². The lowest BCUT2D eigenvalue weighted by Gasteiger charge is -2.12. The van der Waals surface area contributed by atoms with E-state index >= 15 is 0 Å². The van der Waals surface area contributed by atoms with Gasteiger partial charge in [0, 0.05) is 5.54 Å². The van der Waals surface area contributed by atoms with Crippen molar-refractivity contribution in [2.24, 2.45) is 17.6 Å². The zero-order valence-corrected chi connectivity index (χ0v) is 12.2. The van der Waals surface area contributed by atoms with Crippen molar-refractivity contribution in [3.05, 3.63) is 0 Å².